The molecule has 6 heteroatoms. The van der Waals surface area contributed by atoms with Crippen molar-refractivity contribution in [2.45, 2.75) is 10.6 Å². The molecule has 23 heavy (non-hydrogen) atoms. The number of aromatic carboxylic acids is 1. The fraction of sp³-hybridized carbons (Fsp3) is 0.118. The van der Waals surface area contributed by atoms with E-state index in [0.29, 0.717) is 28.2 Å². The molecular weight excluding hydrogens is 380 g/mol. The predicted molar refractivity (Wildman–Crippen MR) is 93.4 cm³/mol. The lowest BCUT2D eigenvalue weighted by Crippen LogP contribution is -1.99. The van der Waals surface area contributed by atoms with E-state index in [0.717, 1.165) is 9.37 Å². The van der Waals surface area contributed by atoms with Crippen LogP contribution in [0.1, 0.15) is 16.1 Å². The van der Waals surface area contributed by atoms with E-state index in [1.54, 1.807) is 19.2 Å². The van der Waals surface area contributed by atoms with Gasteiger partial charge >= 0.3 is 5.97 Å². The minimum Gasteiger partial charge on any atom is -0.496 e. The summed E-state index contributed by atoms with van der Waals surface area (Å²) in [5, 5.41) is 10.1. The second-order valence-corrected chi connectivity index (χ2v) is 6.69. The Labute approximate surface area is 145 Å². The molecule has 0 radical (unpaired) electrons. The summed E-state index contributed by atoms with van der Waals surface area (Å²) in [5.41, 5.74) is 0.716. The second-order valence-electron chi connectivity index (χ2n) is 4.79. The van der Waals surface area contributed by atoms with Gasteiger partial charge in [0.1, 0.15) is 22.7 Å². The number of carboxylic acids is 1. The largest absolute Gasteiger partial charge is 0.496 e. The van der Waals surface area contributed by atoms with Gasteiger partial charge in [0.25, 0.3) is 0 Å². The van der Waals surface area contributed by atoms with E-state index in [4.69, 9.17) is 9.15 Å². The van der Waals surface area contributed by atoms with Crippen molar-refractivity contribution in [2.75, 3.05) is 7.11 Å². The van der Waals surface area contributed by atoms with Crippen LogP contribution in [0.25, 0.3) is 11.0 Å². The Morgan fingerprint density at radius 2 is 2.04 bits per heavy atom. The minimum absolute atomic E-state index is 0.189. The quantitative estimate of drug-likeness (QED) is 0.605. The lowest BCUT2D eigenvalue weighted by molar-refractivity contribution is 0.0697. The third-order valence-corrected chi connectivity index (χ3v) is 4.99. The van der Waals surface area contributed by atoms with Gasteiger partial charge < -0.3 is 14.3 Å². The Hall–Kier alpha value is -1.92. The molecule has 0 aliphatic heterocycles. The van der Waals surface area contributed by atoms with Crippen LogP contribution < -0.4 is 4.74 Å². The van der Waals surface area contributed by atoms with Gasteiger partial charge in [-0.3, -0.25) is 0 Å². The number of ether oxygens (including phenoxy) is 1. The van der Waals surface area contributed by atoms with E-state index in [1.165, 1.54) is 11.8 Å². The molecule has 0 bridgehead atoms. The van der Waals surface area contributed by atoms with Gasteiger partial charge in [0.15, 0.2) is 0 Å². The monoisotopic (exact) mass is 392 g/mol. The third-order valence-electron chi connectivity index (χ3n) is 3.36. The average Bonchev–Trinajstić information content (AvgIpc) is 2.90. The first-order chi connectivity index (χ1) is 11.1. The van der Waals surface area contributed by atoms with Crippen LogP contribution in [0.3, 0.4) is 0 Å². The molecule has 1 heterocycles. The summed E-state index contributed by atoms with van der Waals surface area (Å²) in [4.78, 5) is 12.7. The molecule has 0 unspecified atom stereocenters. The smallest absolute Gasteiger partial charge is 0.339 e. The van der Waals surface area contributed by atoms with Gasteiger partial charge in [-0.1, -0.05) is 18.2 Å². The van der Waals surface area contributed by atoms with Crippen molar-refractivity contribution in [3.05, 3.63) is 58.3 Å². The number of hydrogen-bond donors (Lipinski definition) is 1. The number of methoxy groups -OCH3 is 1. The topological polar surface area (TPSA) is 59.7 Å². The number of carboxylic acid groups (broad SMARTS) is 1. The molecule has 118 valence electrons. The fourth-order valence-corrected chi connectivity index (χ4v) is 3.64. The number of furan rings is 1. The first-order valence-electron chi connectivity index (χ1n) is 6.80. The van der Waals surface area contributed by atoms with Gasteiger partial charge in [-0.05, 0) is 40.2 Å². The third kappa shape index (κ3) is 3.23. The van der Waals surface area contributed by atoms with Crippen LogP contribution in [0.4, 0.5) is 0 Å². The molecule has 1 aromatic heterocycles. The highest BCUT2D eigenvalue weighted by Crippen LogP contribution is 2.36. The Bertz CT molecular complexity index is 858. The molecule has 0 aliphatic rings. The molecule has 0 amide bonds. The molecule has 3 rings (SSSR count). The van der Waals surface area contributed by atoms with Crippen molar-refractivity contribution < 1.29 is 19.1 Å². The number of rotatable bonds is 5. The molecule has 0 saturated heterocycles. The zero-order chi connectivity index (χ0) is 16.4. The zero-order valence-corrected chi connectivity index (χ0v) is 14.6. The molecule has 1 N–H and O–H groups in total. The Morgan fingerprint density at radius 1 is 1.30 bits per heavy atom. The maximum absolute atomic E-state index is 11.7. The van der Waals surface area contributed by atoms with E-state index in [2.05, 4.69) is 15.9 Å². The van der Waals surface area contributed by atoms with Crippen LogP contribution in [0.15, 0.2) is 56.2 Å². The standard InChI is InChI=1S/C17H13BrO4S/c1-21-14-7-11-13(8-12(14)18)22-15(16(11)17(19)20)9-23-10-5-3-2-4-6-10/h2-8H,9H2,1H3,(H,19,20). The first kappa shape index (κ1) is 16.0. The highest BCUT2D eigenvalue weighted by atomic mass is 79.9. The van der Waals surface area contributed by atoms with Crippen molar-refractivity contribution in [1.82, 2.24) is 0 Å². The maximum Gasteiger partial charge on any atom is 0.339 e. The van der Waals surface area contributed by atoms with E-state index in [-0.39, 0.29) is 5.56 Å². The predicted octanol–water partition coefficient (Wildman–Crippen LogP) is 5.19. The van der Waals surface area contributed by atoms with E-state index in [1.807, 2.05) is 30.3 Å². The van der Waals surface area contributed by atoms with Crippen LogP contribution in [0.2, 0.25) is 0 Å². The second kappa shape index (κ2) is 6.68. The van der Waals surface area contributed by atoms with Crippen molar-refractivity contribution in [3.8, 4) is 5.75 Å². The van der Waals surface area contributed by atoms with Crippen LogP contribution in [-0.2, 0) is 5.75 Å². The molecular formula is C17H13BrO4S. The number of thioether (sulfide) groups is 1. The van der Waals surface area contributed by atoms with Gasteiger partial charge in [0, 0.05) is 10.3 Å². The van der Waals surface area contributed by atoms with E-state index < -0.39 is 5.97 Å². The molecule has 0 atom stereocenters. The SMILES string of the molecule is COc1cc2c(C(=O)O)c(CSc3ccccc3)oc2cc1Br. The fourth-order valence-electron chi connectivity index (χ4n) is 2.31. The number of fused-ring (bicyclic) bond motifs is 1. The van der Waals surface area contributed by atoms with Crippen molar-refractivity contribution in [1.29, 1.82) is 0 Å². The normalized spacial score (nSPS) is 10.9. The molecule has 0 aliphatic carbocycles. The molecule has 2 aromatic carbocycles. The molecule has 4 nitrogen and oxygen atoms in total. The Balaban J connectivity index is 2.02. The van der Waals surface area contributed by atoms with Crippen LogP contribution in [-0.4, -0.2) is 18.2 Å². The van der Waals surface area contributed by atoms with Crippen molar-refractivity contribution in [2.24, 2.45) is 0 Å². The van der Waals surface area contributed by atoms with Crippen LogP contribution >= 0.6 is 27.7 Å². The van der Waals surface area contributed by atoms with Crippen molar-refractivity contribution in [3.63, 3.8) is 0 Å². The molecule has 0 spiro atoms. The highest BCUT2D eigenvalue weighted by Gasteiger charge is 2.22. The lowest BCUT2D eigenvalue weighted by atomic mass is 10.1. The van der Waals surface area contributed by atoms with Crippen molar-refractivity contribution >= 4 is 44.6 Å². The molecule has 0 saturated carbocycles. The number of hydrogen-bond acceptors (Lipinski definition) is 4. The number of halogens is 1. The summed E-state index contributed by atoms with van der Waals surface area (Å²) < 4.78 is 11.7. The van der Waals surface area contributed by atoms with Gasteiger partial charge in [0.2, 0.25) is 0 Å². The summed E-state index contributed by atoms with van der Waals surface area (Å²) in [7, 11) is 1.54. The summed E-state index contributed by atoms with van der Waals surface area (Å²) >= 11 is 4.92. The summed E-state index contributed by atoms with van der Waals surface area (Å²) in [6.45, 7) is 0. The minimum atomic E-state index is -1.00. The van der Waals surface area contributed by atoms with E-state index >= 15 is 0 Å². The van der Waals surface area contributed by atoms with E-state index in [9.17, 15) is 9.90 Å². The number of benzene rings is 2. The maximum atomic E-state index is 11.7. The first-order valence-corrected chi connectivity index (χ1v) is 8.58. The summed E-state index contributed by atoms with van der Waals surface area (Å²) in [6.07, 6.45) is 0. The van der Waals surface area contributed by atoms with Gasteiger partial charge in [-0.15, -0.1) is 11.8 Å². The van der Waals surface area contributed by atoms with Crippen LogP contribution in [0.5, 0.6) is 5.75 Å². The van der Waals surface area contributed by atoms with Gasteiger partial charge in [-0.2, -0.15) is 0 Å². The lowest BCUT2D eigenvalue weighted by Gasteiger charge is -2.02. The molecule has 0 fully saturated rings. The average molecular weight is 393 g/mol. The summed E-state index contributed by atoms with van der Waals surface area (Å²) in [6, 6.07) is 13.2. The van der Waals surface area contributed by atoms with Gasteiger partial charge in [-0.25, -0.2) is 4.79 Å². The zero-order valence-electron chi connectivity index (χ0n) is 12.2. The Kier molecular flexibility index (Phi) is 4.63. The molecule has 3 aromatic rings. The summed E-state index contributed by atoms with van der Waals surface area (Å²) in [5.74, 6) is 0.460. The van der Waals surface area contributed by atoms with Gasteiger partial charge in [0.05, 0.1) is 17.3 Å². The Morgan fingerprint density at radius 3 is 2.70 bits per heavy atom. The van der Waals surface area contributed by atoms with Crippen LogP contribution in [0, 0.1) is 0 Å². The highest BCUT2D eigenvalue weighted by molar-refractivity contribution is 9.10. The number of carbonyl (C=O) groups is 1.